The number of rotatable bonds is 8. The van der Waals surface area contributed by atoms with E-state index in [-0.39, 0.29) is 18.3 Å². The van der Waals surface area contributed by atoms with Crippen molar-refractivity contribution in [3.05, 3.63) is 183 Å². The molecule has 0 atom stereocenters. The molecule has 0 radical (unpaired) electrons. The second kappa shape index (κ2) is 19.6. The maximum Gasteiger partial charge on any atom is 0.495 e. The van der Waals surface area contributed by atoms with Crippen LogP contribution in [0.25, 0.3) is 42.6 Å². The van der Waals surface area contributed by atoms with Crippen LogP contribution in [0.4, 0.5) is 22.7 Å². The van der Waals surface area contributed by atoms with Crippen molar-refractivity contribution in [3.63, 3.8) is 0 Å². The molecule has 12 heteroatoms. The summed E-state index contributed by atoms with van der Waals surface area (Å²) in [5, 5.41) is 2.11. The summed E-state index contributed by atoms with van der Waals surface area (Å²) < 4.78 is 28.3. The Bertz CT molecular complexity index is 3130. The maximum absolute atomic E-state index is 7.39. The van der Waals surface area contributed by atoms with Gasteiger partial charge in [-0.25, -0.2) is 9.69 Å². The van der Waals surface area contributed by atoms with Crippen molar-refractivity contribution >= 4 is 73.1 Å². The molecule has 1 aliphatic rings. The number of hydrogen-bond acceptors (Lipinski definition) is 6. The summed E-state index contributed by atoms with van der Waals surface area (Å²) in [6, 6.07) is 39.4. The SMILES string of the molecule is Cc1c(N)cccc1B1OC(C)(C)C(C)(C)O1.[C-]#[N+]c1ccc2c(c1)c(-c1cccc(N)c1C)cn2Cc1ccccc1OC.[C-]#[N+]c1ccc2c(c1)c(Br)cn2Cc1ccccc1OC. The minimum atomic E-state index is -0.330. The van der Waals surface area contributed by atoms with E-state index >= 15 is 0 Å². The van der Waals surface area contributed by atoms with Gasteiger partial charge in [0.2, 0.25) is 0 Å². The highest BCUT2D eigenvalue weighted by Gasteiger charge is 2.52. The van der Waals surface area contributed by atoms with E-state index in [9.17, 15) is 0 Å². The van der Waals surface area contributed by atoms with Crippen molar-refractivity contribution in [2.75, 3.05) is 25.7 Å². The molecule has 334 valence electrons. The fraction of sp³-hybridized carbons (Fsp3) is 0.222. The van der Waals surface area contributed by atoms with E-state index in [0.717, 1.165) is 94.5 Å². The molecule has 9 rings (SSSR count). The second-order valence-corrected chi connectivity index (χ2v) is 18.0. The minimum Gasteiger partial charge on any atom is -0.496 e. The quantitative estimate of drug-likeness (QED) is 0.0893. The molecule has 8 aromatic rings. The molecule has 0 saturated carbocycles. The zero-order chi connectivity index (χ0) is 47.3. The zero-order valence-electron chi connectivity index (χ0n) is 38.6. The Labute approximate surface area is 396 Å². The molecule has 0 amide bonds. The number of halogens is 1. The van der Waals surface area contributed by atoms with E-state index in [0.29, 0.717) is 17.9 Å². The number of nitrogens with zero attached hydrogens (tertiary/aromatic N) is 4. The molecular formula is C54H54BBrN6O4. The van der Waals surface area contributed by atoms with Gasteiger partial charge in [0, 0.05) is 61.4 Å². The lowest BCUT2D eigenvalue weighted by Crippen LogP contribution is -2.41. The van der Waals surface area contributed by atoms with Gasteiger partial charge in [-0.05, 0) is 134 Å². The molecule has 6 aromatic carbocycles. The Morgan fingerprint density at radius 2 is 1.09 bits per heavy atom. The van der Waals surface area contributed by atoms with Crippen LogP contribution in [0.5, 0.6) is 11.5 Å². The third-order valence-electron chi connectivity index (χ3n) is 12.6. The van der Waals surface area contributed by atoms with Crippen molar-refractivity contribution in [2.45, 2.75) is 65.8 Å². The van der Waals surface area contributed by atoms with Crippen molar-refractivity contribution in [2.24, 2.45) is 0 Å². The standard InChI is InChI=1S/C24H21N3O.C17H13BrN2O.C13H20BNO2/c1-16-19(8-6-9-22(16)25)21-15-27(14-17-7-4-5-10-24(17)28-3)23-12-11-18(26-2)13-20(21)23;1-19-13-7-8-16-14(9-13)15(18)11-20(16)10-12-5-3-4-6-17(12)21-2;1-9-10(7-6-8-11(9)15)14-16-12(2,3)13(4,5)17-14/h4-13,15H,14,25H2,1,3H3;3-9,11H,10H2,2H3;6-8H,15H2,1-5H3. The molecule has 3 heterocycles. The molecule has 2 aromatic heterocycles. The summed E-state index contributed by atoms with van der Waals surface area (Å²) in [5.41, 5.74) is 23.9. The van der Waals surface area contributed by atoms with Gasteiger partial charge in [-0.2, -0.15) is 0 Å². The highest BCUT2D eigenvalue weighted by Crippen LogP contribution is 2.39. The summed E-state index contributed by atoms with van der Waals surface area (Å²) in [4.78, 5) is 7.09. The zero-order valence-corrected chi connectivity index (χ0v) is 40.2. The number of aromatic nitrogens is 2. The fourth-order valence-electron chi connectivity index (χ4n) is 8.02. The molecule has 1 fully saturated rings. The van der Waals surface area contributed by atoms with Gasteiger partial charge in [0.15, 0.2) is 11.4 Å². The van der Waals surface area contributed by atoms with Crippen molar-refractivity contribution in [1.29, 1.82) is 0 Å². The van der Waals surface area contributed by atoms with Crippen LogP contribution in [-0.2, 0) is 22.4 Å². The molecule has 4 N–H and O–H groups in total. The number of hydrogen-bond donors (Lipinski definition) is 2. The Balaban J connectivity index is 0.000000152. The first-order valence-corrected chi connectivity index (χ1v) is 22.3. The Morgan fingerprint density at radius 1 is 0.606 bits per heavy atom. The van der Waals surface area contributed by atoms with Crippen molar-refractivity contribution < 1.29 is 18.8 Å². The van der Waals surface area contributed by atoms with Gasteiger partial charge >= 0.3 is 7.12 Å². The van der Waals surface area contributed by atoms with E-state index in [1.165, 1.54) is 0 Å². The van der Waals surface area contributed by atoms with Crippen LogP contribution in [0, 0.1) is 27.0 Å². The van der Waals surface area contributed by atoms with E-state index < -0.39 is 0 Å². The van der Waals surface area contributed by atoms with E-state index in [2.05, 4.69) is 86.8 Å². The monoisotopic (exact) mass is 940 g/mol. The lowest BCUT2D eigenvalue weighted by molar-refractivity contribution is 0.00578. The van der Waals surface area contributed by atoms with Gasteiger partial charge < -0.3 is 39.4 Å². The predicted octanol–water partition coefficient (Wildman–Crippen LogP) is 12.7. The number of ether oxygens (including phenoxy) is 2. The first-order chi connectivity index (χ1) is 31.6. The molecule has 10 nitrogen and oxygen atoms in total. The first-order valence-electron chi connectivity index (χ1n) is 21.6. The Kier molecular flexibility index (Phi) is 14.0. The van der Waals surface area contributed by atoms with Gasteiger partial charge in [0.05, 0.1) is 51.7 Å². The topological polar surface area (TPSA) is 108 Å². The van der Waals surface area contributed by atoms with Crippen LogP contribution < -0.4 is 26.4 Å². The van der Waals surface area contributed by atoms with Crippen molar-refractivity contribution in [3.8, 4) is 22.6 Å². The molecule has 66 heavy (non-hydrogen) atoms. The summed E-state index contributed by atoms with van der Waals surface area (Å²) in [7, 11) is 3.05. The number of anilines is 2. The van der Waals surface area contributed by atoms with Crippen LogP contribution in [0.15, 0.2) is 138 Å². The lowest BCUT2D eigenvalue weighted by Gasteiger charge is -2.32. The lowest BCUT2D eigenvalue weighted by atomic mass is 9.76. The molecule has 0 spiro atoms. The molecular weight excluding hydrogens is 887 g/mol. The molecule has 0 bridgehead atoms. The minimum absolute atomic E-state index is 0.311. The number of nitrogens with two attached hydrogens (primary N) is 2. The number of methoxy groups -OCH3 is 2. The highest BCUT2D eigenvalue weighted by molar-refractivity contribution is 9.10. The van der Waals surface area contributed by atoms with Crippen LogP contribution in [-0.4, -0.2) is 41.7 Å². The molecule has 0 unspecified atom stereocenters. The smallest absolute Gasteiger partial charge is 0.495 e. The Hall–Kier alpha value is -6.96. The third-order valence-corrected chi connectivity index (χ3v) is 13.2. The normalized spacial score (nSPS) is 13.5. The van der Waals surface area contributed by atoms with Crippen LogP contribution in [0.1, 0.15) is 49.9 Å². The van der Waals surface area contributed by atoms with Gasteiger partial charge in [0.25, 0.3) is 0 Å². The number of fused-ring (bicyclic) bond motifs is 2. The Morgan fingerprint density at radius 3 is 1.64 bits per heavy atom. The number of nitrogen functional groups attached to an aromatic ring is 2. The summed E-state index contributed by atoms with van der Waals surface area (Å²) in [6.45, 7) is 28.1. The molecule has 1 saturated heterocycles. The van der Waals surface area contributed by atoms with E-state index in [4.69, 9.17) is 43.4 Å². The largest absolute Gasteiger partial charge is 0.496 e. The summed E-state index contributed by atoms with van der Waals surface area (Å²) >= 11 is 3.58. The average molecular weight is 942 g/mol. The first kappa shape index (κ1) is 47.0. The summed E-state index contributed by atoms with van der Waals surface area (Å²) in [5.74, 6) is 1.75. The van der Waals surface area contributed by atoms with E-state index in [1.54, 1.807) is 14.2 Å². The van der Waals surface area contributed by atoms with Crippen molar-refractivity contribution in [1.82, 2.24) is 9.13 Å². The van der Waals surface area contributed by atoms with Gasteiger partial charge in [-0.15, -0.1) is 0 Å². The maximum atomic E-state index is 7.39. The molecule has 0 aliphatic carbocycles. The average Bonchev–Trinajstić information content (AvgIpc) is 3.90. The number of para-hydroxylation sites is 2. The van der Waals surface area contributed by atoms with Crippen LogP contribution in [0.2, 0.25) is 0 Å². The fourth-order valence-corrected chi connectivity index (χ4v) is 8.58. The third kappa shape index (κ3) is 9.68. The van der Waals surface area contributed by atoms with Crippen LogP contribution in [0.3, 0.4) is 0 Å². The van der Waals surface area contributed by atoms with Gasteiger partial charge in [-0.1, -0.05) is 72.8 Å². The summed E-state index contributed by atoms with van der Waals surface area (Å²) in [6.07, 6.45) is 4.19. The highest BCUT2D eigenvalue weighted by atomic mass is 79.9. The molecule has 1 aliphatic heterocycles. The van der Waals surface area contributed by atoms with Crippen LogP contribution >= 0.6 is 15.9 Å². The number of benzene rings is 6. The van der Waals surface area contributed by atoms with Gasteiger partial charge in [0.1, 0.15) is 11.5 Å². The van der Waals surface area contributed by atoms with E-state index in [1.807, 2.05) is 123 Å². The predicted molar refractivity (Wildman–Crippen MR) is 274 cm³/mol. The van der Waals surface area contributed by atoms with Gasteiger partial charge in [-0.3, -0.25) is 0 Å². The second-order valence-electron chi connectivity index (χ2n) is 17.2.